The zero-order chi connectivity index (χ0) is 15.8. The zero-order valence-electron chi connectivity index (χ0n) is 11.9. The van der Waals surface area contributed by atoms with E-state index in [2.05, 4.69) is 4.98 Å². The van der Waals surface area contributed by atoms with Gasteiger partial charge < -0.3 is 0 Å². The molecule has 0 saturated heterocycles. The molecule has 0 saturated carbocycles. The summed E-state index contributed by atoms with van der Waals surface area (Å²) in [5, 5.41) is 5.35. The standard InChI is InChI=1S/C17H11ClN2OS2/c18-12-5-3-11(4-6-12)14-9-23-16-15(14)17(21)20(10-19-16)8-13-2-1-7-22-13/h1-7,9-10H,8H2. The van der Waals surface area contributed by atoms with Gasteiger partial charge in [0.1, 0.15) is 4.83 Å². The summed E-state index contributed by atoms with van der Waals surface area (Å²) in [5.41, 5.74) is 1.89. The molecule has 0 spiro atoms. The van der Waals surface area contributed by atoms with E-state index in [9.17, 15) is 4.79 Å². The van der Waals surface area contributed by atoms with Crippen molar-refractivity contribution >= 4 is 44.5 Å². The first kappa shape index (κ1) is 14.6. The van der Waals surface area contributed by atoms with E-state index in [-0.39, 0.29) is 5.56 Å². The van der Waals surface area contributed by atoms with Crippen LogP contribution in [-0.4, -0.2) is 9.55 Å². The quantitative estimate of drug-likeness (QED) is 0.522. The normalized spacial score (nSPS) is 11.2. The largest absolute Gasteiger partial charge is 0.293 e. The molecule has 0 amide bonds. The number of nitrogens with zero attached hydrogens (tertiary/aromatic N) is 2. The first-order valence-corrected chi connectivity index (χ1v) is 9.11. The average molecular weight is 359 g/mol. The summed E-state index contributed by atoms with van der Waals surface area (Å²) in [5.74, 6) is 0. The van der Waals surface area contributed by atoms with Crippen molar-refractivity contribution in [1.29, 1.82) is 0 Å². The van der Waals surface area contributed by atoms with Crippen LogP contribution in [0.3, 0.4) is 0 Å². The highest BCUT2D eigenvalue weighted by Gasteiger charge is 2.13. The van der Waals surface area contributed by atoms with Gasteiger partial charge in [-0.05, 0) is 29.1 Å². The molecule has 1 aromatic carbocycles. The van der Waals surface area contributed by atoms with E-state index in [0.29, 0.717) is 17.0 Å². The molecule has 0 aliphatic rings. The maximum Gasteiger partial charge on any atom is 0.263 e. The second-order valence-corrected chi connectivity index (χ2v) is 7.42. The minimum absolute atomic E-state index is 0.00500. The number of aromatic nitrogens is 2. The fourth-order valence-corrected chi connectivity index (χ4v) is 4.23. The van der Waals surface area contributed by atoms with E-state index in [0.717, 1.165) is 20.8 Å². The molecule has 3 heterocycles. The van der Waals surface area contributed by atoms with Gasteiger partial charge in [-0.15, -0.1) is 22.7 Å². The van der Waals surface area contributed by atoms with E-state index >= 15 is 0 Å². The topological polar surface area (TPSA) is 34.9 Å². The Morgan fingerprint density at radius 1 is 1.13 bits per heavy atom. The van der Waals surface area contributed by atoms with Gasteiger partial charge in [0.2, 0.25) is 0 Å². The van der Waals surface area contributed by atoms with Crippen LogP contribution in [0.2, 0.25) is 5.02 Å². The number of benzene rings is 1. The first-order valence-electron chi connectivity index (χ1n) is 6.97. The molecule has 0 fully saturated rings. The lowest BCUT2D eigenvalue weighted by atomic mass is 10.1. The van der Waals surface area contributed by atoms with E-state index in [1.165, 1.54) is 11.3 Å². The van der Waals surface area contributed by atoms with Crippen LogP contribution in [0.4, 0.5) is 0 Å². The molecule has 0 unspecified atom stereocenters. The maximum atomic E-state index is 12.9. The molecule has 0 N–H and O–H groups in total. The molecule has 114 valence electrons. The van der Waals surface area contributed by atoms with Gasteiger partial charge in [0, 0.05) is 20.8 Å². The van der Waals surface area contributed by atoms with Crippen molar-refractivity contribution in [2.75, 3.05) is 0 Å². The zero-order valence-corrected chi connectivity index (χ0v) is 14.3. The molecule has 4 aromatic rings. The summed E-state index contributed by atoms with van der Waals surface area (Å²) in [4.78, 5) is 19.2. The number of hydrogen-bond donors (Lipinski definition) is 0. The lowest BCUT2D eigenvalue weighted by Crippen LogP contribution is -2.20. The molecular formula is C17H11ClN2OS2. The van der Waals surface area contributed by atoms with E-state index < -0.39 is 0 Å². The highest BCUT2D eigenvalue weighted by molar-refractivity contribution is 7.17. The average Bonchev–Trinajstić information content (AvgIpc) is 3.21. The molecule has 3 nitrogen and oxygen atoms in total. The summed E-state index contributed by atoms with van der Waals surface area (Å²) in [6.45, 7) is 0.551. The van der Waals surface area contributed by atoms with Crippen LogP contribution < -0.4 is 5.56 Å². The number of rotatable bonds is 3. The molecule has 0 aliphatic carbocycles. The molecule has 0 atom stereocenters. The highest BCUT2D eigenvalue weighted by Crippen LogP contribution is 2.31. The number of thiophene rings is 2. The Balaban J connectivity index is 1.87. The molecular weight excluding hydrogens is 348 g/mol. The molecule has 3 aromatic heterocycles. The van der Waals surface area contributed by atoms with Gasteiger partial charge in [0.25, 0.3) is 5.56 Å². The van der Waals surface area contributed by atoms with Crippen LogP contribution >= 0.6 is 34.3 Å². The lowest BCUT2D eigenvalue weighted by molar-refractivity contribution is 0.759. The first-order chi connectivity index (χ1) is 11.2. The van der Waals surface area contributed by atoms with Crippen LogP contribution in [0.25, 0.3) is 21.3 Å². The van der Waals surface area contributed by atoms with Gasteiger partial charge in [-0.3, -0.25) is 9.36 Å². The summed E-state index contributed by atoms with van der Waals surface area (Å²) in [6.07, 6.45) is 1.63. The van der Waals surface area contributed by atoms with Gasteiger partial charge in [0.15, 0.2) is 0 Å². The summed E-state index contributed by atoms with van der Waals surface area (Å²) in [6, 6.07) is 11.5. The molecule has 0 aliphatic heterocycles. The molecule has 0 bridgehead atoms. The Labute approximate surface area is 145 Å². The van der Waals surface area contributed by atoms with Gasteiger partial charge in [-0.25, -0.2) is 4.98 Å². The minimum atomic E-state index is -0.00500. The third-order valence-electron chi connectivity index (χ3n) is 3.62. The van der Waals surface area contributed by atoms with E-state index in [1.54, 1.807) is 22.2 Å². The molecule has 23 heavy (non-hydrogen) atoms. The summed E-state index contributed by atoms with van der Waals surface area (Å²) < 4.78 is 1.67. The van der Waals surface area contributed by atoms with Crippen LogP contribution in [0.15, 0.2) is 58.3 Å². The summed E-state index contributed by atoms with van der Waals surface area (Å²) >= 11 is 9.08. The Morgan fingerprint density at radius 3 is 2.70 bits per heavy atom. The Morgan fingerprint density at radius 2 is 1.96 bits per heavy atom. The Hall–Kier alpha value is -1.95. The fraction of sp³-hybridized carbons (Fsp3) is 0.0588. The second kappa shape index (κ2) is 5.92. The molecule has 6 heteroatoms. The third-order valence-corrected chi connectivity index (χ3v) is 5.62. The minimum Gasteiger partial charge on any atom is -0.293 e. The number of hydrogen-bond acceptors (Lipinski definition) is 4. The van der Waals surface area contributed by atoms with Crippen molar-refractivity contribution in [2.24, 2.45) is 0 Å². The van der Waals surface area contributed by atoms with Crippen LogP contribution in [-0.2, 0) is 6.54 Å². The van der Waals surface area contributed by atoms with Crippen molar-refractivity contribution in [3.05, 3.63) is 73.7 Å². The maximum absolute atomic E-state index is 12.9. The molecule has 4 rings (SSSR count). The van der Waals surface area contributed by atoms with Crippen LogP contribution in [0, 0.1) is 0 Å². The van der Waals surface area contributed by atoms with Crippen LogP contribution in [0.1, 0.15) is 4.88 Å². The fourth-order valence-electron chi connectivity index (χ4n) is 2.49. The second-order valence-electron chi connectivity index (χ2n) is 5.09. The Bertz CT molecular complexity index is 1020. The SMILES string of the molecule is O=c1c2c(-c3ccc(Cl)cc3)csc2ncn1Cc1cccs1. The van der Waals surface area contributed by atoms with Crippen molar-refractivity contribution in [2.45, 2.75) is 6.54 Å². The summed E-state index contributed by atoms with van der Waals surface area (Å²) in [7, 11) is 0. The van der Waals surface area contributed by atoms with Crippen molar-refractivity contribution in [3.63, 3.8) is 0 Å². The van der Waals surface area contributed by atoms with Gasteiger partial charge in [-0.2, -0.15) is 0 Å². The number of halogens is 1. The van der Waals surface area contributed by atoms with E-state index in [1.807, 2.05) is 47.2 Å². The Kier molecular flexibility index (Phi) is 3.77. The predicted molar refractivity (Wildman–Crippen MR) is 97.7 cm³/mol. The van der Waals surface area contributed by atoms with Crippen LogP contribution in [0.5, 0.6) is 0 Å². The molecule has 0 radical (unpaired) electrons. The van der Waals surface area contributed by atoms with E-state index in [4.69, 9.17) is 11.6 Å². The smallest absolute Gasteiger partial charge is 0.263 e. The van der Waals surface area contributed by atoms with Gasteiger partial charge in [0.05, 0.1) is 18.3 Å². The monoisotopic (exact) mass is 358 g/mol. The van der Waals surface area contributed by atoms with Crippen molar-refractivity contribution in [3.8, 4) is 11.1 Å². The van der Waals surface area contributed by atoms with Crippen molar-refractivity contribution in [1.82, 2.24) is 9.55 Å². The highest BCUT2D eigenvalue weighted by atomic mass is 35.5. The third kappa shape index (κ3) is 2.72. The van der Waals surface area contributed by atoms with Gasteiger partial charge in [-0.1, -0.05) is 29.8 Å². The van der Waals surface area contributed by atoms with Gasteiger partial charge >= 0.3 is 0 Å². The lowest BCUT2D eigenvalue weighted by Gasteiger charge is -2.05. The predicted octanol–water partition coefficient (Wildman–Crippen LogP) is 4.89. The van der Waals surface area contributed by atoms with Crippen molar-refractivity contribution < 1.29 is 0 Å². The number of fused-ring (bicyclic) bond motifs is 1.